The molecule has 3 aromatic carbocycles. The molecular weight excluding hydrogens is 427 g/mol. The van der Waals surface area contributed by atoms with E-state index in [1.54, 1.807) is 0 Å². The lowest BCUT2D eigenvalue weighted by atomic mass is 10.1. The number of aryl methyl sites for hydroxylation is 3. The quantitative estimate of drug-likeness (QED) is 0.162. The molecule has 0 heterocycles. The van der Waals surface area contributed by atoms with Crippen molar-refractivity contribution in [2.75, 3.05) is 6.16 Å². The van der Waals surface area contributed by atoms with Gasteiger partial charge in [-0.3, -0.25) is 0 Å². The standard InChI is InChI=1S/C33H46P/c1-5-6-7-8-9-10-11-12-13-14-27-34(31-21-15-28(2)16-22-31,32-23-17-29(3)18-24-32)33-25-19-30(4)20-26-33/h15-26H,5-14,27H2,1-4H3/q+1. The molecule has 0 bridgehead atoms. The molecule has 0 amide bonds. The fourth-order valence-electron chi connectivity index (χ4n) is 5.07. The minimum atomic E-state index is -1.69. The number of rotatable bonds is 14. The molecule has 0 nitrogen and oxygen atoms in total. The molecule has 0 saturated heterocycles. The van der Waals surface area contributed by atoms with Crippen LogP contribution in [0.15, 0.2) is 72.8 Å². The van der Waals surface area contributed by atoms with E-state index in [2.05, 4.69) is 100 Å². The van der Waals surface area contributed by atoms with Crippen LogP contribution >= 0.6 is 7.26 Å². The minimum Gasteiger partial charge on any atom is -0.0654 e. The molecule has 34 heavy (non-hydrogen) atoms. The summed E-state index contributed by atoms with van der Waals surface area (Å²) in [5.74, 6) is 0. The smallest absolute Gasteiger partial charge is 0.0654 e. The lowest BCUT2D eigenvalue weighted by molar-refractivity contribution is 0.563. The molecule has 0 atom stereocenters. The molecular formula is C33H46P+. The largest absolute Gasteiger partial charge is 0.112 e. The van der Waals surface area contributed by atoms with Crippen LogP contribution in [0.2, 0.25) is 0 Å². The molecule has 0 unspecified atom stereocenters. The van der Waals surface area contributed by atoms with Crippen LogP contribution in [0.25, 0.3) is 0 Å². The first-order valence-electron chi connectivity index (χ1n) is 13.7. The molecule has 0 N–H and O–H groups in total. The highest BCUT2D eigenvalue weighted by Crippen LogP contribution is 2.56. The van der Waals surface area contributed by atoms with E-state index in [-0.39, 0.29) is 0 Å². The van der Waals surface area contributed by atoms with Gasteiger partial charge in [0.15, 0.2) is 0 Å². The van der Waals surface area contributed by atoms with Crippen molar-refractivity contribution in [3.8, 4) is 0 Å². The third kappa shape index (κ3) is 7.29. The van der Waals surface area contributed by atoms with E-state index in [4.69, 9.17) is 0 Å². The first-order chi connectivity index (χ1) is 16.6. The number of unbranched alkanes of at least 4 members (excludes halogenated alkanes) is 9. The predicted octanol–water partition coefficient (Wildman–Crippen LogP) is 8.83. The molecule has 0 aliphatic rings. The van der Waals surface area contributed by atoms with Crippen molar-refractivity contribution in [2.24, 2.45) is 0 Å². The highest BCUT2D eigenvalue weighted by molar-refractivity contribution is 7.95. The molecule has 0 spiro atoms. The maximum absolute atomic E-state index is 2.42. The van der Waals surface area contributed by atoms with Crippen LogP contribution in [0.1, 0.15) is 87.8 Å². The molecule has 0 aliphatic carbocycles. The van der Waals surface area contributed by atoms with E-state index in [0.717, 1.165) is 0 Å². The van der Waals surface area contributed by atoms with Crippen molar-refractivity contribution in [1.29, 1.82) is 0 Å². The molecule has 0 fully saturated rings. The average molecular weight is 474 g/mol. The summed E-state index contributed by atoms with van der Waals surface area (Å²) in [4.78, 5) is 0. The summed E-state index contributed by atoms with van der Waals surface area (Å²) in [5.41, 5.74) is 4.02. The zero-order chi connectivity index (χ0) is 24.2. The minimum absolute atomic E-state index is 1.26. The Balaban J connectivity index is 1.80. The van der Waals surface area contributed by atoms with E-state index in [9.17, 15) is 0 Å². The molecule has 1 heteroatoms. The van der Waals surface area contributed by atoms with Crippen molar-refractivity contribution in [3.63, 3.8) is 0 Å². The second kappa shape index (κ2) is 13.8. The second-order valence-electron chi connectivity index (χ2n) is 10.2. The SMILES string of the molecule is CCCCCCCCCCCC[P+](c1ccc(C)cc1)(c1ccc(C)cc1)c1ccc(C)cc1. The summed E-state index contributed by atoms with van der Waals surface area (Å²) in [6.45, 7) is 8.89. The van der Waals surface area contributed by atoms with E-state index in [1.165, 1.54) is 103 Å². The monoisotopic (exact) mass is 473 g/mol. The lowest BCUT2D eigenvalue weighted by Gasteiger charge is -2.28. The Morgan fingerprint density at radius 3 is 1.03 bits per heavy atom. The molecule has 182 valence electrons. The summed E-state index contributed by atoms with van der Waals surface area (Å²) in [7, 11) is -1.69. The van der Waals surface area contributed by atoms with Gasteiger partial charge in [0.05, 0.1) is 6.16 Å². The van der Waals surface area contributed by atoms with Gasteiger partial charge in [-0.2, -0.15) is 0 Å². The second-order valence-corrected chi connectivity index (χ2v) is 13.8. The van der Waals surface area contributed by atoms with Crippen LogP contribution in [0, 0.1) is 20.8 Å². The number of hydrogen-bond acceptors (Lipinski definition) is 0. The van der Waals surface area contributed by atoms with Gasteiger partial charge in [-0.15, -0.1) is 0 Å². The normalized spacial score (nSPS) is 11.6. The Bertz CT molecular complexity index is 840. The zero-order valence-electron chi connectivity index (χ0n) is 22.2. The van der Waals surface area contributed by atoms with Gasteiger partial charge in [-0.25, -0.2) is 0 Å². The van der Waals surface area contributed by atoms with Crippen LogP contribution in [-0.2, 0) is 0 Å². The van der Waals surface area contributed by atoms with Gasteiger partial charge in [-0.05, 0) is 70.0 Å². The molecule has 0 saturated carbocycles. The Hall–Kier alpha value is -1.91. The topological polar surface area (TPSA) is 0 Å². The summed E-state index contributed by atoms with van der Waals surface area (Å²) in [6.07, 6.45) is 15.1. The first-order valence-corrected chi connectivity index (χ1v) is 15.6. The summed E-state index contributed by atoms with van der Waals surface area (Å²) < 4.78 is 0. The third-order valence-corrected chi connectivity index (χ3v) is 11.8. The summed E-state index contributed by atoms with van der Waals surface area (Å²) in [6, 6.07) is 28.4. The van der Waals surface area contributed by atoms with Crippen LogP contribution < -0.4 is 15.9 Å². The Morgan fingerprint density at radius 2 is 0.706 bits per heavy atom. The molecule has 3 aromatic rings. The van der Waals surface area contributed by atoms with Gasteiger partial charge in [0.25, 0.3) is 0 Å². The van der Waals surface area contributed by atoms with Gasteiger partial charge in [0.1, 0.15) is 23.2 Å². The van der Waals surface area contributed by atoms with E-state index in [1.807, 2.05) is 0 Å². The van der Waals surface area contributed by atoms with Crippen LogP contribution in [0.3, 0.4) is 0 Å². The van der Waals surface area contributed by atoms with Crippen LogP contribution in [0.5, 0.6) is 0 Å². The highest BCUT2D eigenvalue weighted by atomic mass is 31.2. The predicted molar refractivity (Wildman–Crippen MR) is 156 cm³/mol. The molecule has 0 aromatic heterocycles. The summed E-state index contributed by atoms with van der Waals surface area (Å²) in [5, 5.41) is 4.59. The van der Waals surface area contributed by atoms with Gasteiger partial charge in [0.2, 0.25) is 0 Å². The van der Waals surface area contributed by atoms with Crippen molar-refractivity contribution in [3.05, 3.63) is 89.5 Å². The Morgan fingerprint density at radius 1 is 0.412 bits per heavy atom. The van der Waals surface area contributed by atoms with Gasteiger partial charge >= 0.3 is 0 Å². The average Bonchev–Trinajstić information content (AvgIpc) is 2.85. The third-order valence-electron chi connectivity index (χ3n) is 7.27. The van der Waals surface area contributed by atoms with Crippen molar-refractivity contribution < 1.29 is 0 Å². The number of hydrogen-bond donors (Lipinski definition) is 0. The van der Waals surface area contributed by atoms with E-state index >= 15 is 0 Å². The maximum Gasteiger partial charge on any atom is 0.112 e. The Labute approximate surface area is 210 Å². The molecule has 3 rings (SSSR count). The maximum atomic E-state index is 2.42. The van der Waals surface area contributed by atoms with Gasteiger partial charge in [0, 0.05) is 0 Å². The molecule has 0 radical (unpaired) electrons. The van der Waals surface area contributed by atoms with E-state index in [0.29, 0.717) is 0 Å². The van der Waals surface area contributed by atoms with Gasteiger partial charge in [-0.1, -0.05) is 111 Å². The van der Waals surface area contributed by atoms with Crippen molar-refractivity contribution in [2.45, 2.75) is 91.9 Å². The fraction of sp³-hybridized carbons (Fsp3) is 0.455. The Kier molecular flexibility index (Phi) is 10.9. The number of benzene rings is 3. The lowest BCUT2D eigenvalue weighted by Crippen LogP contribution is -2.33. The van der Waals surface area contributed by atoms with Crippen molar-refractivity contribution >= 4 is 23.2 Å². The molecule has 0 aliphatic heterocycles. The van der Waals surface area contributed by atoms with Gasteiger partial charge < -0.3 is 0 Å². The first kappa shape index (κ1) is 26.7. The van der Waals surface area contributed by atoms with E-state index < -0.39 is 7.26 Å². The fourth-order valence-corrected chi connectivity index (χ4v) is 9.41. The summed E-state index contributed by atoms with van der Waals surface area (Å²) >= 11 is 0. The highest BCUT2D eigenvalue weighted by Gasteiger charge is 2.44. The van der Waals surface area contributed by atoms with Crippen LogP contribution in [-0.4, -0.2) is 6.16 Å². The zero-order valence-corrected chi connectivity index (χ0v) is 23.0. The van der Waals surface area contributed by atoms with Crippen LogP contribution in [0.4, 0.5) is 0 Å². The van der Waals surface area contributed by atoms with Crippen molar-refractivity contribution in [1.82, 2.24) is 0 Å².